The predicted molar refractivity (Wildman–Crippen MR) is 211 cm³/mol. The van der Waals surface area contributed by atoms with E-state index in [1.165, 1.54) is 27.9 Å². The first-order chi connectivity index (χ1) is 27.8. The van der Waals surface area contributed by atoms with Crippen molar-refractivity contribution in [2.45, 2.75) is 151 Å². The summed E-state index contributed by atoms with van der Waals surface area (Å²) in [4.78, 5) is 64.7. The molecule has 3 aliphatic rings. The third kappa shape index (κ3) is 11.4. The average molecular weight is 835 g/mol. The molecule has 3 aliphatic heterocycles. The Balaban J connectivity index is 1.50. The molecule has 0 N–H and O–H groups in total. The van der Waals surface area contributed by atoms with Crippen LogP contribution >= 0.6 is 0 Å². The van der Waals surface area contributed by atoms with Crippen molar-refractivity contribution in [3.63, 3.8) is 0 Å². The van der Waals surface area contributed by atoms with Gasteiger partial charge in [0, 0.05) is 38.5 Å². The van der Waals surface area contributed by atoms with Crippen molar-refractivity contribution in [1.29, 1.82) is 0 Å². The van der Waals surface area contributed by atoms with Crippen LogP contribution in [0.5, 0.6) is 0 Å². The van der Waals surface area contributed by atoms with Gasteiger partial charge < -0.3 is 47.4 Å². The van der Waals surface area contributed by atoms with Crippen molar-refractivity contribution in [1.82, 2.24) is 0 Å². The number of methoxy groups -OCH3 is 1. The van der Waals surface area contributed by atoms with Crippen molar-refractivity contribution in [3.05, 3.63) is 35.9 Å². The number of ether oxygens (including phenoxy) is 10. The first-order valence-electron chi connectivity index (χ1n) is 20.8. The Hall–Kier alpha value is -3.63. The summed E-state index contributed by atoms with van der Waals surface area (Å²) in [5.74, 6) is -3.96. The fraction of sp³-hybridized carbons (Fsp3) is 0.750. The number of rotatable bonds is 16. The van der Waals surface area contributed by atoms with E-state index in [2.05, 4.69) is 0 Å². The largest absolute Gasteiger partial charge is 0.469 e. The van der Waals surface area contributed by atoms with Gasteiger partial charge in [-0.15, -0.1) is 0 Å². The predicted octanol–water partition coefficient (Wildman–Crippen LogP) is 5.89. The van der Waals surface area contributed by atoms with Crippen LogP contribution in [-0.2, 0) is 71.3 Å². The Morgan fingerprint density at radius 2 is 1.12 bits per heavy atom. The number of esters is 5. The SMILES string of the molecule is CCC(c1ccccc1)C(C)(CC(C)(CC)C(=O)OC1OCC(OC2OCC(OC3OCC(C)C(C)C3OC(C)=O)C(C)C2OC(C)=O)C(C)C1OC(C)=O)C(=O)OC. The second kappa shape index (κ2) is 20.8. The highest BCUT2D eigenvalue weighted by molar-refractivity contribution is 5.81. The molecule has 1 aromatic rings. The normalized spacial score (nSPS) is 33.6. The molecule has 1 aromatic carbocycles. The Labute approximate surface area is 348 Å². The van der Waals surface area contributed by atoms with Gasteiger partial charge in [-0.3, -0.25) is 24.0 Å². The first kappa shape index (κ1) is 48.0. The van der Waals surface area contributed by atoms with E-state index in [0.29, 0.717) is 19.4 Å². The van der Waals surface area contributed by atoms with E-state index in [4.69, 9.17) is 47.4 Å². The Kier molecular flexibility index (Phi) is 16.9. The van der Waals surface area contributed by atoms with E-state index in [0.717, 1.165) is 5.56 Å². The lowest BCUT2D eigenvalue weighted by Crippen LogP contribution is -2.58. The maximum atomic E-state index is 14.3. The van der Waals surface area contributed by atoms with Crippen LogP contribution in [0.15, 0.2) is 30.3 Å². The monoisotopic (exact) mass is 834 g/mol. The fourth-order valence-electron chi connectivity index (χ4n) is 8.64. The van der Waals surface area contributed by atoms with Gasteiger partial charge in [0.2, 0.25) is 6.29 Å². The van der Waals surface area contributed by atoms with Crippen LogP contribution in [0.3, 0.4) is 0 Å². The topological polar surface area (TPSA) is 178 Å². The van der Waals surface area contributed by atoms with Crippen molar-refractivity contribution in [2.75, 3.05) is 26.9 Å². The van der Waals surface area contributed by atoms with Gasteiger partial charge in [0.15, 0.2) is 30.9 Å². The van der Waals surface area contributed by atoms with Crippen LogP contribution in [0.2, 0.25) is 0 Å². The third-order valence-corrected chi connectivity index (χ3v) is 12.6. The summed E-state index contributed by atoms with van der Waals surface area (Å²) in [6.07, 6.45) is -6.28. The maximum absolute atomic E-state index is 14.3. The molecule has 59 heavy (non-hydrogen) atoms. The van der Waals surface area contributed by atoms with Crippen LogP contribution < -0.4 is 0 Å². The highest BCUT2D eigenvalue weighted by Gasteiger charge is 2.53. The number of carbonyl (C=O) groups is 5. The molecule has 0 aromatic heterocycles. The van der Waals surface area contributed by atoms with Gasteiger partial charge in [-0.2, -0.15) is 0 Å². The molecular formula is C44H66O15. The van der Waals surface area contributed by atoms with Crippen molar-refractivity contribution in [3.8, 4) is 0 Å². The number of carbonyl (C=O) groups excluding carboxylic acids is 5. The van der Waals surface area contributed by atoms with E-state index in [-0.39, 0.29) is 37.4 Å². The van der Waals surface area contributed by atoms with E-state index in [9.17, 15) is 24.0 Å². The zero-order valence-electron chi connectivity index (χ0n) is 36.8. The highest BCUT2D eigenvalue weighted by atomic mass is 16.8. The molecule has 0 aliphatic carbocycles. The van der Waals surface area contributed by atoms with Gasteiger partial charge >= 0.3 is 29.8 Å². The molecule has 0 saturated carbocycles. The lowest BCUT2D eigenvalue weighted by atomic mass is 9.63. The van der Waals surface area contributed by atoms with E-state index in [1.807, 2.05) is 71.9 Å². The zero-order chi connectivity index (χ0) is 43.8. The lowest BCUT2D eigenvalue weighted by molar-refractivity contribution is -0.333. The molecular weight excluding hydrogens is 768 g/mol. The minimum atomic E-state index is -1.30. The van der Waals surface area contributed by atoms with Crippen LogP contribution in [0, 0.1) is 34.5 Å². The molecule has 15 atom stereocenters. The molecule has 0 amide bonds. The lowest BCUT2D eigenvalue weighted by Gasteiger charge is -2.46. The molecule has 0 bridgehead atoms. The maximum Gasteiger partial charge on any atom is 0.314 e. The molecule has 0 radical (unpaired) electrons. The molecule has 15 nitrogen and oxygen atoms in total. The quantitative estimate of drug-likeness (QED) is 0.142. The molecule has 15 unspecified atom stereocenters. The second-order valence-electron chi connectivity index (χ2n) is 17.0. The van der Waals surface area contributed by atoms with Gasteiger partial charge in [-0.1, -0.05) is 71.9 Å². The van der Waals surface area contributed by atoms with Gasteiger partial charge in [0.05, 0.1) is 50.0 Å². The molecule has 3 heterocycles. The molecule has 15 heteroatoms. The van der Waals surface area contributed by atoms with E-state index >= 15 is 0 Å². The molecule has 4 rings (SSSR count). The molecule has 3 fully saturated rings. The zero-order valence-corrected chi connectivity index (χ0v) is 36.8. The minimum absolute atomic E-state index is 0.0268. The van der Waals surface area contributed by atoms with Gasteiger partial charge in [-0.25, -0.2) is 0 Å². The Morgan fingerprint density at radius 1 is 0.661 bits per heavy atom. The molecule has 332 valence electrons. The Bertz CT molecular complexity index is 1590. The smallest absolute Gasteiger partial charge is 0.314 e. The third-order valence-electron chi connectivity index (χ3n) is 12.6. The standard InChI is InChI=1S/C44H66O15/c1-13-32(31-18-16-15-17-19-31)44(11,42(49)50-12)23-43(10,14-2)41(48)59-40-37(56-30(9)47)27(6)34(22-53-40)58-39-36(55-29(8)46)26(5)33(21-52-39)57-38-35(54-28(7)45)25(4)24(3)20-51-38/h15-19,24-27,32-40H,13-14,20-23H2,1-12H3. The molecule has 0 spiro atoms. The summed E-state index contributed by atoms with van der Waals surface area (Å²) in [6.45, 7) is 19.2. The van der Waals surface area contributed by atoms with Crippen molar-refractivity contribution >= 4 is 29.8 Å². The minimum Gasteiger partial charge on any atom is -0.469 e. The van der Waals surface area contributed by atoms with Crippen molar-refractivity contribution in [2.24, 2.45) is 34.5 Å². The van der Waals surface area contributed by atoms with Crippen LogP contribution in [0.4, 0.5) is 0 Å². The van der Waals surface area contributed by atoms with Gasteiger partial charge in [-0.05, 0) is 50.5 Å². The summed E-state index contributed by atoms with van der Waals surface area (Å²) in [6, 6.07) is 9.66. The molecule has 3 saturated heterocycles. The number of benzene rings is 1. The summed E-state index contributed by atoms with van der Waals surface area (Å²) in [5.41, 5.74) is -1.33. The summed E-state index contributed by atoms with van der Waals surface area (Å²) in [5, 5.41) is 0. The van der Waals surface area contributed by atoms with Gasteiger partial charge in [0.1, 0.15) is 0 Å². The highest BCUT2D eigenvalue weighted by Crippen LogP contribution is 2.49. The second-order valence-corrected chi connectivity index (χ2v) is 17.0. The number of hydrogen-bond acceptors (Lipinski definition) is 15. The van der Waals surface area contributed by atoms with E-state index < -0.39 is 102 Å². The summed E-state index contributed by atoms with van der Waals surface area (Å²) in [7, 11) is 1.34. The summed E-state index contributed by atoms with van der Waals surface area (Å²) >= 11 is 0. The van der Waals surface area contributed by atoms with Gasteiger partial charge in [0.25, 0.3) is 0 Å². The van der Waals surface area contributed by atoms with Crippen molar-refractivity contribution < 1.29 is 71.3 Å². The fourth-order valence-corrected chi connectivity index (χ4v) is 8.64. The van der Waals surface area contributed by atoms with Crippen LogP contribution in [0.1, 0.15) is 107 Å². The van der Waals surface area contributed by atoms with Crippen LogP contribution in [-0.4, -0.2) is 106 Å². The van der Waals surface area contributed by atoms with Crippen LogP contribution in [0.25, 0.3) is 0 Å². The van der Waals surface area contributed by atoms with E-state index in [1.54, 1.807) is 13.8 Å². The average Bonchev–Trinajstić information content (AvgIpc) is 3.18. The Morgan fingerprint density at radius 3 is 1.58 bits per heavy atom. The number of hydrogen-bond donors (Lipinski definition) is 0. The first-order valence-corrected chi connectivity index (χ1v) is 20.8. The summed E-state index contributed by atoms with van der Waals surface area (Å²) < 4.78 is 59.5.